The summed E-state index contributed by atoms with van der Waals surface area (Å²) >= 11 is 0. The summed E-state index contributed by atoms with van der Waals surface area (Å²) in [6.45, 7) is 0.580. The van der Waals surface area contributed by atoms with Crippen LogP contribution >= 0.6 is 0 Å². The highest BCUT2D eigenvalue weighted by Crippen LogP contribution is 2.20. The molecule has 178 valence electrons. The van der Waals surface area contributed by atoms with Gasteiger partial charge in [-0.25, -0.2) is 4.98 Å². The number of benzene rings is 3. The zero-order valence-electron chi connectivity index (χ0n) is 19.0. The number of nitrogens with zero attached hydrogens (tertiary/aromatic N) is 1. The Morgan fingerprint density at radius 3 is 2.29 bits per heavy atom. The van der Waals surface area contributed by atoms with Crippen molar-refractivity contribution in [3.8, 4) is 22.8 Å². The number of nitrogens with one attached hydrogen (secondary N) is 2. The van der Waals surface area contributed by atoms with E-state index in [2.05, 4.69) is 15.8 Å². The average Bonchev–Trinajstić information content (AvgIpc) is 3.39. The first-order chi connectivity index (χ1) is 17.2. The lowest BCUT2D eigenvalue weighted by Gasteiger charge is -2.12. The summed E-state index contributed by atoms with van der Waals surface area (Å²) in [5.41, 5.74) is 6.05. The molecule has 1 aromatic heterocycles. The second-order valence-corrected chi connectivity index (χ2v) is 7.49. The van der Waals surface area contributed by atoms with Gasteiger partial charge in [0.15, 0.2) is 11.7 Å². The van der Waals surface area contributed by atoms with Crippen LogP contribution in [0, 0.1) is 0 Å². The predicted octanol–water partition coefficient (Wildman–Crippen LogP) is 4.19. The molecule has 0 saturated carbocycles. The smallest absolute Gasteiger partial charge is 0.273 e. The molecule has 0 atom stereocenters. The van der Waals surface area contributed by atoms with Gasteiger partial charge in [0, 0.05) is 18.4 Å². The number of carbonyl (C=O) groups excluding carboxylic acids is 2. The lowest BCUT2D eigenvalue weighted by molar-refractivity contribution is -0.121. The number of hydrogen-bond acceptors (Lipinski definition) is 6. The number of amides is 2. The van der Waals surface area contributed by atoms with Crippen LogP contribution in [0.4, 0.5) is 0 Å². The van der Waals surface area contributed by atoms with Crippen LogP contribution in [0.25, 0.3) is 11.3 Å². The van der Waals surface area contributed by atoms with Gasteiger partial charge in [-0.2, -0.15) is 0 Å². The fourth-order valence-electron chi connectivity index (χ4n) is 3.25. The normalized spacial score (nSPS) is 10.4. The maximum Gasteiger partial charge on any atom is 0.273 e. The lowest BCUT2D eigenvalue weighted by Crippen LogP contribution is -2.41. The van der Waals surface area contributed by atoms with Crippen LogP contribution in [-0.2, 0) is 11.2 Å². The number of para-hydroxylation sites is 2. The summed E-state index contributed by atoms with van der Waals surface area (Å²) < 4.78 is 17.0. The molecule has 8 nitrogen and oxygen atoms in total. The van der Waals surface area contributed by atoms with E-state index in [1.165, 1.54) is 0 Å². The van der Waals surface area contributed by atoms with Gasteiger partial charge in [0.05, 0.1) is 11.8 Å². The van der Waals surface area contributed by atoms with E-state index in [-0.39, 0.29) is 18.9 Å². The Hall–Kier alpha value is -4.59. The van der Waals surface area contributed by atoms with Gasteiger partial charge in [-0.15, -0.1) is 0 Å². The summed E-state index contributed by atoms with van der Waals surface area (Å²) in [5.74, 6) is 1.37. The maximum absolute atomic E-state index is 12.6. The summed E-state index contributed by atoms with van der Waals surface area (Å²) in [5, 5.41) is 0. The highest BCUT2D eigenvalue weighted by Gasteiger charge is 2.14. The molecule has 0 aliphatic carbocycles. The Balaban J connectivity index is 1.22. The second kappa shape index (κ2) is 12.0. The van der Waals surface area contributed by atoms with Crippen molar-refractivity contribution in [2.24, 2.45) is 0 Å². The molecule has 0 fully saturated rings. The van der Waals surface area contributed by atoms with Crippen LogP contribution in [0.2, 0.25) is 0 Å². The van der Waals surface area contributed by atoms with E-state index in [4.69, 9.17) is 13.9 Å². The molecule has 0 saturated heterocycles. The first-order valence-corrected chi connectivity index (χ1v) is 11.2. The summed E-state index contributed by atoms with van der Waals surface area (Å²) in [6, 6.07) is 25.8. The fourth-order valence-corrected chi connectivity index (χ4v) is 3.25. The van der Waals surface area contributed by atoms with Crippen LogP contribution in [-0.4, -0.2) is 30.0 Å². The van der Waals surface area contributed by atoms with E-state index in [0.29, 0.717) is 36.0 Å². The molecule has 4 rings (SSSR count). The van der Waals surface area contributed by atoms with Crippen LogP contribution in [0.1, 0.15) is 22.7 Å². The highest BCUT2D eigenvalue weighted by atomic mass is 16.5. The number of oxazole rings is 1. The van der Waals surface area contributed by atoms with Crippen LogP contribution in [0.5, 0.6) is 11.5 Å². The minimum Gasteiger partial charge on any atom is -0.490 e. The van der Waals surface area contributed by atoms with Crippen LogP contribution in [0.15, 0.2) is 95.5 Å². The number of rotatable bonds is 10. The molecule has 0 unspecified atom stereocenters. The van der Waals surface area contributed by atoms with Crippen molar-refractivity contribution in [3.05, 3.63) is 103 Å². The summed E-state index contributed by atoms with van der Waals surface area (Å²) in [7, 11) is 0. The van der Waals surface area contributed by atoms with E-state index in [0.717, 1.165) is 11.3 Å². The van der Waals surface area contributed by atoms with E-state index >= 15 is 0 Å². The van der Waals surface area contributed by atoms with Crippen LogP contribution < -0.4 is 20.3 Å². The largest absolute Gasteiger partial charge is 0.490 e. The van der Waals surface area contributed by atoms with E-state index < -0.39 is 5.91 Å². The van der Waals surface area contributed by atoms with E-state index in [9.17, 15) is 9.59 Å². The molecule has 0 aliphatic heterocycles. The average molecular weight is 472 g/mol. The maximum atomic E-state index is 12.6. The van der Waals surface area contributed by atoms with Gasteiger partial charge in [-0.3, -0.25) is 20.4 Å². The Labute approximate surface area is 202 Å². The molecule has 8 heteroatoms. The Morgan fingerprint density at radius 1 is 0.800 bits per heavy atom. The number of ether oxygens (including phenoxy) is 2. The molecule has 1 heterocycles. The molecule has 0 aliphatic rings. The number of hydrogen-bond donors (Lipinski definition) is 2. The van der Waals surface area contributed by atoms with Gasteiger partial charge >= 0.3 is 0 Å². The number of hydrazine groups is 1. The topological polar surface area (TPSA) is 103 Å². The van der Waals surface area contributed by atoms with Crippen molar-refractivity contribution in [2.45, 2.75) is 12.8 Å². The number of aryl methyl sites for hydroxylation is 1. The molecular formula is C27H25N3O5. The van der Waals surface area contributed by atoms with Gasteiger partial charge < -0.3 is 13.9 Å². The minimum absolute atomic E-state index is 0.101. The molecule has 0 spiro atoms. The van der Waals surface area contributed by atoms with Crippen molar-refractivity contribution >= 4 is 11.8 Å². The number of carbonyl (C=O) groups is 2. The third kappa shape index (κ3) is 6.94. The monoisotopic (exact) mass is 471 g/mol. The molecule has 3 aromatic carbocycles. The minimum atomic E-state index is -0.486. The van der Waals surface area contributed by atoms with Crippen molar-refractivity contribution < 1.29 is 23.5 Å². The van der Waals surface area contributed by atoms with Crippen molar-refractivity contribution in [2.75, 3.05) is 13.2 Å². The molecule has 4 aromatic rings. The van der Waals surface area contributed by atoms with Gasteiger partial charge in [-0.05, 0) is 24.3 Å². The van der Waals surface area contributed by atoms with Crippen LogP contribution in [0.3, 0.4) is 0 Å². The molecule has 0 radical (unpaired) electrons. The fraction of sp³-hybridized carbons (Fsp3) is 0.148. The Morgan fingerprint density at radius 2 is 1.49 bits per heavy atom. The van der Waals surface area contributed by atoms with E-state index in [1.807, 2.05) is 60.7 Å². The van der Waals surface area contributed by atoms with Gasteiger partial charge in [0.1, 0.15) is 24.7 Å². The third-order valence-electron chi connectivity index (χ3n) is 4.98. The molecule has 0 bridgehead atoms. The molecular weight excluding hydrogens is 446 g/mol. The molecule has 35 heavy (non-hydrogen) atoms. The van der Waals surface area contributed by atoms with Gasteiger partial charge in [0.25, 0.3) is 5.91 Å². The van der Waals surface area contributed by atoms with Crippen molar-refractivity contribution in [1.82, 2.24) is 15.8 Å². The Bertz CT molecular complexity index is 1240. The predicted molar refractivity (Wildman–Crippen MR) is 130 cm³/mol. The second-order valence-electron chi connectivity index (χ2n) is 7.49. The zero-order chi connectivity index (χ0) is 24.3. The standard InChI is InChI=1S/C27H25N3O5/c31-25(15-16-26-28-19-24(35-26)20-9-3-1-4-10-20)29-30-27(32)22-13-7-8-14-23(22)34-18-17-33-21-11-5-2-6-12-21/h1-14,19H,15-18H2,(H,29,31)(H,30,32). The van der Waals surface area contributed by atoms with Gasteiger partial charge in [-0.1, -0.05) is 60.7 Å². The summed E-state index contributed by atoms with van der Waals surface area (Å²) in [4.78, 5) is 29.0. The lowest BCUT2D eigenvalue weighted by atomic mass is 10.2. The number of aromatic nitrogens is 1. The van der Waals surface area contributed by atoms with Crippen molar-refractivity contribution in [3.63, 3.8) is 0 Å². The third-order valence-corrected chi connectivity index (χ3v) is 4.98. The first kappa shape index (κ1) is 23.6. The first-order valence-electron chi connectivity index (χ1n) is 11.2. The SMILES string of the molecule is O=C(CCc1ncc(-c2ccccc2)o1)NNC(=O)c1ccccc1OCCOc1ccccc1. The summed E-state index contributed by atoms with van der Waals surface area (Å²) in [6.07, 6.45) is 2.03. The highest BCUT2D eigenvalue weighted by molar-refractivity contribution is 5.97. The quantitative estimate of drug-likeness (QED) is 0.266. The molecule has 2 amide bonds. The van der Waals surface area contributed by atoms with Gasteiger partial charge in [0.2, 0.25) is 5.91 Å². The Kier molecular flexibility index (Phi) is 8.10. The van der Waals surface area contributed by atoms with E-state index in [1.54, 1.807) is 30.5 Å². The zero-order valence-corrected chi connectivity index (χ0v) is 19.0. The molecule has 2 N–H and O–H groups in total. The van der Waals surface area contributed by atoms with Crippen molar-refractivity contribution in [1.29, 1.82) is 0 Å².